The summed E-state index contributed by atoms with van der Waals surface area (Å²) in [4.78, 5) is 0. The Morgan fingerprint density at radius 1 is 0.952 bits per heavy atom. The van der Waals surface area contributed by atoms with E-state index in [1.165, 1.54) is 12.1 Å². The van der Waals surface area contributed by atoms with Crippen molar-refractivity contribution >= 4 is 0 Å². The highest BCUT2D eigenvalue weighted by atomic mass is 19.4. The number of benzene rings is 2. The van der Waals surface area contributed by atoms with Crippen molar-refractivity contribution in [1.29, 1.82) is 0 Å². The first-order valence-corrected chi connectivity index (χ1v) is 6.81. The van der Waals surface area contributed by atoms with Crippen molar-refractivity contribution in [2.75, 3.05) is 0 Å². The lowest BCUT2D eigenvalue weighted by Crippen LogP contribution is -2.10. The monoisotopic (exact) mass is 296 g/mol. The summed E-state index contributed by atoms with van der Waals surface area (Å²) in [6.07, 6.45) is -4.35. The van der Waals surface area contributed by atoms with Gasteiger partial charge < -0.3 is 4.74 Å². The van der Waals surface area contributed by atoms with E-state index < -0.39 is 11.7 Å². The van der Waals surface area contributed by atoms with Gasteiger partial charge in [0.2, 0.25) is 0 Å². The molecule has 0 aliphatic heterocycles. The van der Waals surface area contributed by atoms with E-state index in [-0.39, 0.29) is 12.2 Å². The van der Waals surface area contributed by atoms with Crippen molar-refractivity contribution in [3.05, 3.63) is 65.2 Å². The van der Waals surface area contributed by atoms with Gasteiger partial charge in [-0.25, -0.2) is 0 Å². The Hall–Kier alpha value is -1.97. The molecule has 0 spiro atoms. The molecule has 1 nitrogen and oxygen atoms in total. The summed E-state index contributed by atoms with van der Waals surface area (Å²) in [5.41, 5.74) is 0.487. The summed E-state index contributed by atoms with van der Waals surface area (Å²) < 4.78 is 43.8. The first kappa shape index (κ1) is 17.1. The summed E-state index contributed by atoms with van der Waals surface area (Å²) >= 11 is 0. The van der Waals surface area contributed by atoms with Crippen LogP contribution in [0, 0.1) is 6.92 Å². The maximum Gasteiger partial charge on any atom is 0.416 e. The Bertz CT molecular complexity index is 562. The fourth-order valence-electron chi connectivity index (χ4n) is 1.79. The topological polar surface area (TPSA) is 9.23 Å². The molecule has 2 aromatic carbocycles. The highest BCUT2D eigenvalue weighted by Gasteiger charge is 2.32. The number of ether oxygens (including phenoxy) is 1. The SMILES string of the molecule is CC.Cc1cccc(OCc2ccccc2C(F)(F)F)c1. The van der Waals surface area contributed by atoms with E-state index in [1.807, 2.05) is 26.8 Å². The van der Waals surface area contributed by atoms with Gasteiger partial charge >= 0.3 is 6.18 Å². The fourth-order valence-corrected chi connectivity index (χ4v) is 1.79. The lowest BCUT2D eigenvalue weighted by molar-refractivity contribution is -0.138. The summed E-state index contributed by atoms with van der Waals surface area (Å²) in [7, 11) is 0. The minimum absolute atomic E-state index is 0.0981. The van der Waals surface area contributed by atoms with Crippen LogP contribution < -0.4 is 4.74 Å². The van der Waals surface area contributed by atoms with Gasteiger partial charge in [-0.05, 0) is 30.7 Å². The Morgan fingerprint density at radius 3 is 2.24 bits per heavy atom. The molecule has 21 heavy (non-hydrogen) atoms. The summed E-state index contributed by atoms with van der Waals surface area (Å²) in [6, 6.07) is 12.7. The first-order valence-electron chi connectivity index (χ1n) is 6.81. The molecule has 0 bridgehead atoms. The lowest BCUT2D eigenvalue weighted by Gasteiger charge is -2.13. The van der Waals surface area contributed by atoms with Crippen LogP contribution in [0.2, 0.25) is 0 Å². The van der Waals surface area contributed by atoms with E-state index in [0.717, 1.165) is 11.6 Å². The van der Waals surface area contributed by atoms with Crippen LogP contribution in [0.1, 0.15) is 30.5 Å². The molecule has 114 valence electrons. The molecule has 0 atom stereocenters. The Labute approximate surface area is 123 Å². The molecular formula is C17H19F3O. The van der Waals surface area contributed by atoms with Gasteiger partial charge in [0.25, 0.3) is 0 Å². The first-order chi connectivity index (χ1) is 9.97. The molecule has 0 N–H and O–H groups in total. The normalized spacial score (nSPS) is 10.6. The molecule has 0 saturated heterocycles. The van der Waals surface area contributed by atoms with Crippen molar-refractivity contribution < 1.29 is 17.9 Å². The second-order valence-electron chi connectivity index (χ2n) is 4.26. The molecule has 4 heteroatoms. The maximum absolute atomic E-state index is 12.8. The van der Waals surface area contributed by atoms with E-state index in [4.69, 9.17) is 4.74 Å². The van der Waals surface area contributed by atoms with E-state index in [0.29, 0.717) is 5.75 Å². The van der Waals surface area contributed by atoms with Gasteiger partial charge in [0.05, 0.1) is 5.56 Å². The van der Waals surface area contributed by atoms with E-state index >= 15 is 0 Å². The van der Waals surface area contributed by atoms with Gasteiger partial charge in [0.15, 0.2) is 0 Å². The third-order valence-electron chi connectivity index (χ3n) is 2.71. The van der Waals surface area contributed by atoms with Crippen LogP contribution in [-0.4, -0.2) is 0 Å². The Morgan fingerprint density at radius 2 is 1.62 bits per heavy atom. The zero-order valence-corrected chi connectivity index (χ0v) is 12.4. The predicted octanol–water partition coefficient (Wildman–Crippen LogP) is 5.62. The summed E-state index contributed by atoms with van der Waals surface area (Å²) in [6.45, 7) is 5.80. The van der Waals surface area contributed by atoms with Crippen LogP contribution in [0.4, 0.5) is 13.2 Å². The zero-order chi connectivity index (χ0) is 15.9. The quantitative estimate of drug-likeness (QED) is 0.714. The molecule has 0 aliphatic carbocycles. The van der Waals surface area contributed by atoms with Gasteiger partial charge in [-0.1, -0.05) is 44.2 Å². The largest absolute Gasteiger partial charge is 0.489 e. The molecule has 0 fully saturated rings. The highest BCUT2D eigenvalue weighted by molar-refractivity contribution is 5.31. The second kappa shape index (κ2) is 7.72. The van der Waals surface area contributed by atoms with Crippen LogP contribution in [0.3, 0.4) is 0 Å². The number of hydrogen-bond acceptors (Lipinski definition) is 1. The minimum Gasteiger partial charge on any atom is -0.489 e. The average molecular weight is 296 g/mol. The van der Waals surface area contributed by atoms with E-state index in [2.05, 4.69) is 0 Å². The molecule has 0 aromatic heterocycles. The third kappa shape index (κ3) is 5.14. The maximum atomic E-state index is 12.8. The van der Waals surface area contributed by atoms with Gasteiger partial charge in [0, 0.05) is 5.56 Å². The molecule has 0 saturated carbocycles. The Balaban J connectivity index is 0.00000106. The van der Waals surface area contributed by atoms with Crippen LogP contribution in [0.15, 0.2) is 48.5 Å². The summed E-state index contributed by atoms with van der Waals surface area (Å²) in [5.74, 6) is 0.567. The van der Waals surface area contributed by atoms with Crippen LogP contribution in [0.5, 0.6) is 5.75 Å². The number of aryl methyl sites for hydroxylation is 1. The standard InChI is InChI=1S/C15H13F3O.C2H6/c1-11-5-4-7-13(9-11)19-10-12-6-2-3-8-14(12)15(16,17)18;1-2/h2-9H,10H2,1H3;1-2H3. The molecule has 0 aliphatic rings. The molecule has 2 aromatic rings. The molecule has 0 unspecified atom stereocenters. The number of halogens is 3. The number of hydrogen-bond donors (Lipinski definition) is 0. The van der Waals surface area contributed by atoms with Crippen molar-refractivity contribution in [1.82, 2.24) is 0 Å². The third-order valence-corrected chi connectivity index (χ3v) is 2.71. The second-order valence-corrected chi connectivity index (χ2v) is 4.26. The van der Waals surface area contributed by atoms with Crippen LogP contribution >= 0.6 is 0 Å². The fraction of sp³-hybridized carbons (Fsp3) is 0.294. The average Bonchev–Trinajstić information content (AvgIpc) is 2.47. The van der Waals surface area contributed by atoms with E-state index in [1.54, 1.807) is 24.3 Å². The molecule has 0 heterocycles. The van der Waals surface area contributed by atoms with Gasteiger partial charge in [-0.3, -0.25) is 0 Å². The zero-order valence-electron chi connectivity index (χ0n) is 12.4. The van der Waals surface area contributed by atoms with Gasteiger partial charge in [0.1, 0.15) is 12.4 Å². The molecule has 2 rings (SSSR count). The number of alkyl halides is 3. The molecular weight excluding hydrogens is 277 g/mol. The van der Waals surface area contributed by atoms with Crippen molar-refractivity contribution in [3.8, 4) is 5.75 Å². The predicted molar refractivity (Wildman–Crippen MR) is 78.3 cm³/mol. The van der Waals surface area contributed by atoms with Crippen LogP contribution in [0.25, 0.3) is 0 Å². The Kier molecular flexibility index (Phi) is 6.28. The minimum atomic E-state index is -4.35. The molecule has 0 radical (unpaired) electrons. The van der Waals surface area contributed by atoms with Crippen molar-refractivity contribution in [3.63, 3.8) is 0 Å². The highest BCUT2D eigenvalue weighted by Crippen LogP contribution is 2.32. The number of rotatable bonds is 3. The van der Waals surface area contributed by atoms with E-state index in [9.17, 15) is 13.2 Å². The smallest absolute Gasteiger partial charge is 0.416 e. The summed E-state index contributed by atoms with van der Waals surface area (Å²) in [5, 5.41) is 0. The van der Waals surface area contributed by atoms with Gasteiger partial charge in [-0.15, -0.1) is 0 Å². The van der Waals surface area contributed by atoms with Crippen molar-refractivity contribution in [2.45, 2.75) is 33.6 Å². The lowest BCUT2D eigenvalue weighted by atomic mass is 10.1. The van der Waals surface area contributed by atoms with Gasteiger partial charge in [-0.2, -0.15) is 13.2 Å². The van der Waals surface area contributed by atoms with Crippen molar-refractivity contribution in [2.24, 2.45) is 0 Å². The van der Waals surface area contributed by atoms with Crippen LogP contribution in [-0.2, 0) is 12.8 Å². The molecule has 0 amide bonds.